The van der Waals surface area contributed by atoms with Gasteiger partial charge in [0.15, 0.2) is 5.78 Å². The van der Waals surface area contributed by atoms with Gasteiger partial charge >= 0.3 is 5.97 Å². The van der Waals surface area contributed by atoms with Crippen molar-refractivity contribution in [3.8, 4) is 0 Å². The number of hydrogen-bond acceptors (Lipinski definition) is 3. The van der Waals surface area contributed by atoms with Gasteiger partial charge in [-0.3, -0.25) is 9.59 Å². The van der Waals surface area contributed by atoms with Crippen LogP contribution in [-0.4, -0.2) is 29.1 Å². The summed E-state index contributed by atoms with van der Waals surface area (Å²) in [6, 6.07) is 0. The van der Waals surface area contributed by atoms with E-state index in [4.69, 9.17) is 9.84 Å². The minimum absolute atomic E-state index is 0.0110. The largest absolute Gasteiger partial charge is 0.481 e. The monoisotopic (exact) mass is 198 g/mol. The molecule has 2 aliphatic rings. The number of ketones is 1. The highest BCUT2D eigenvalue weighted by atomic mass is 16.6. The molecule has 78 valence electrons. The number of epoxide rings is 1. The Bertz CT molecular complexity index is 286. The maximum Gasteiger partial charge on any atom is 0.303 e. The van der Waals surface area contributed by atoms with Gasteiger partial charge in [-0.05, 0) is 18.3 Å². The summed E-state index contributed by atoms with van der Waals surface area (Å²) < 4.78 is 5.30. The molecule has 1 saturated heterocycles. The van der Waals surface area contributed by atoms with E-state index in [-0.39, 0.29) is 29.8 Å². The van der Waals surface area contributed by atoms with E-state index in [1.807, 2.05) is 6.92 Å². The standard InChI is InChI=1S/C10H14O4/c1-10(5-3-7(12)13)4-2-6(11)8-9(10)14-8/h8-9H,2-5H2,1H3,(H,12,13)/t8-,9-,10+/m1/s1. The predicted octanol–water partition coefficient (Wildman–Crippen LogP) is 0.988. The van der Waals surface area contributed by atoms with Gasteiger partial charge in [0, 0.05) is 12.8 Å². The Hall–Kier alpha value is -0.900. The van der Waals surface area contributed by atoms with Crippen LogP contribution in [0.1, 0.15) is 32.6 Å². The maximum atomic E-state index is 11.2. The lowest BCUT2D eigenvalue weighted by molar-refractivity contribution is -0.137. The number of aliphatic carboxylic acids is 1. The van der Waals surface area contributed by atoms with Gasteiger partial charge in [0.1, 0.15) is 6.10 Å². The van der Waals surface area contributed by atoms with Gasteiger partial charge in [0.25, 0.3) is 0 Å². The van der Waals surface area contributed by atoms with Gasteiger partial charge in [-0.2, -0.15) is 0 Å². The van der Waals surface area contributed by atoms with Crippen LogP contribution in [-0.2, 0) is 14.3 Å². The number of carbonyl (C=O) groups is 2. The smallest absolute Gasteiger partial charge is 0.303 e. The summed E-state index contributed by atoms with van der Waals surface area (Å²) in [7, 11) is 0. The number of Topliss-reactive ketones (excluding diaryl/α,β-unsaturated/α-hetero) is 1. The Morgan fingerprint density at radius 2 is 2.43 bits per heavy atom. The second kappa shape index (κ2) is 3.05. The zero-order valence-corrected chi connectivity index (χ0v) is 8.16. The summed E-state index contributed by atoms with van der Waals surface area (Å²) in [6.07, 6.45) is 1.84. The molecule has 0 bridgehead atoms. The molecule has 3 atom stereocenters. The van der Waals surface area contributed by atoms with E-state index in [1.54, 1.807) is 0 Å². The molecule has 4 nitrogen and oxygen atoms in total. The summed E-state index contributed by atoms with van der Waals surface area (Å²) in [5.74, 6) is -0.594. The molecule has 0 spiro atoms. The van der Waals surface area contributed by atoms with Crippen LogP contribution in [0.3, 0.4) is 0 Å². The Kier molecular flexibility index (Phi) is 2.10. The Balaban J connectivity index is 1.96. The Labute approximate surface area is 82.2 Å². The maximum absolute atomic E-state index is 11.2. The second-order valence-corrected chi connectivity index (χ2v) is 4.49. The number of carboxylic acid groups (broad SMARTS) is 1. The molecule has 4 heteroatoms. The van der Waals surface area contributed by atoms with E-state index >= 15 is 0 Å². The van der Waals surface area contributed by atoms with E-state index in [9.17, 15) is 9.59 Å². The molecule has 0 radical (unpaired) electrons. The summed E-state index contributed by atoms with van der Waals surface area (Å²) in [5, 5.41) is 8.60. The third-order valence-electron chi connectivity index (χ3n) is 3.35. The molecule has 1 N–H and O–H groups in total. The number of carbonyl (C=O) groups excluding carboxylic acids is 1. The molecule has 1 saturated carbocycles. The van der Waals surface area contributed by atoms with Crippen LogP contribution in [0.25, 0.3) is 0 Å². The van der Waals surface area contributed by atoms with Gasteiger partial charge in [-0.25, -0.2) is 0 Å². The van der Waals surface area contributed by atoms with Crippen molar-refractivity contribution in [2.24, 2.45) is 5.41 Å². The van der Waals surface area contributed by atoms with Crippen LogP contribution in [0.4, 0.5) is 0 Å². The third-order valence-corrected chi connectivity index (χ3v) is 3.35. The van der Waals surface area contributed by atoms with E-state index in [2.05, 4.69) is 0 Å². The fourth-order valence-corrected chi connectivity index (χ4v) is 2.24. The first-order valence-corrected chi connectivity index (χ1v) is 4.93. The number of carboxylic acids is 1. The van der Waals surface area contributed by atoms with Gasteiger partial charge in [0.05, 0.1) is 6.10 Å². The number of ether oxygens (including phenoxy) is 1. The zero-order chi connectivity index (χ0) is 10.3. The molecule has 1 aliphatic carbocycles. The number of fused-ring (bicyclic) bond motifs is 1. The van der Waals surface area contributed by atoms with Crippen LogP contribution in [0.2, 0.25) is 0 Å². The van der Waals surface area contributed by atoms with Crippen molar-refractivity contribution in [3.63, 3.8) is 0 Å². The van der Waals surface area contributed by atoms with Gasteiger partial charge in [0.2, 0.25) is 0 Å². The molecule has 1 aliphatic heterocycles. The molecule has 0 aromatic rings. The molecule has 14 heavy (non-hydrogen) atoms. The van der Waals surface area contributed by atoms with Crippen molar-refractivity contribution < 1.29 is 19.4 Å². The highest BCUT2D eigenvalue weighted by Crippen LogP contribution is 2.49. The number of rotatable bonds is 3. The SMILES string of the molecule is C[C@@]1(CCC(=O)O)CCC(=O)[C@H]2O[C@H]21. The van der Waals surface area contributed by atoms with Gasteiger partial charge < -0.3 is 9.84 Å². The first kappa shape index (κ1) is 9.65. The van der Waals surface area contributed by atoms with Crippen LogP contribution < -0.4 is 0 Å². The summed E-state index contributed by atoms with van der Waals surface area (Å²) in [5.41, 5.74) is -0.100. The third kappa shape index (κ3) is 1.54. The summed E-state index contributed by atoms with van der Waals surface area (Å²) in [6.45, 7) is 2.02. The predicted molar refractivity (Wildman–Crippen MR) is 47.9 cm³/mol. The molecule has 2 fully saturated rings. The lowest BCUT2D eigenvalue weighted by atomic mass is 9.72. The molecule has 0 amide bonds. The molecule has 0 aromatic heterocycles. The van der Waals surface area contributed by atoms with Crippen molar-refractivity contribution in [1.82, 2.24) is 0 Å². The lowest BCUT2D eigenvalue weighted by Crippen LogP contribution is -2.33. The van der Waals surface area contributed by atoms with E-state index in [1.165, 1.54) is 0 Å². The number of hydrogen-bond donors (Lipinski definition) is 1. The minimum Gasteiger partial charge on any atom is -0.481 e. The van der Waals surface area contributed by atoms with E-state index < -0.39 is 5.97 Å². The van der Waals surface area contributed by atoms with Crippen LogP contribution in [0.5, 0.6) is 0 Å². The van der Waals surface area contributed by atoms with Crippen LogP contribution in [0.15, 0.2) is 0 Å². The molecular formula is C10H14O4. The molecular weight excluding hydrogens is 184 g/mol. The van der Waals surface area contributed by atoms with Crippen LogP contribution >= 0.6 is 0 Å². The topological polar surface area (TPSA) is 66.9 Å². The highest BCUT2D eigenvalue weighted by Gasteiger charge is 2.58. The summed E-state index contributed by atoms with van der Waals surface area (Å²) >= 11 is 0. The Morgan fingerprint density at radius 3 is 3.07 bits per heavy atom. The van der Waals surface area contributed by atoms with Crippen molar-refractivity contribution in [2.75, 3.05) is 0 Å². The quantitative estimate of drug-likeness (QED) is 0.686. The van der Waals surface area contributed by atoms with Crippen LogP contribution in [0, 0.1) is 5.41 Å². The van der Waals surface area contributed by atoms with E-state index in [0.29, 0.717) is 12.8 Å². The van der Waals surface area contributed by atoms with Crippen molar-refractivity contribution in [2.45, 2.75) is 44.8 Å². The fourth-order valence-electron chi connectivity index (χ4n) is 2.24. The average molecular weight is 198 g/mol. The molecule has 1 heterocycles. The first-order chi connectivity index (χ1) is 6.53. The lowest BCUT2D eigenvalue weighted by Gasteiger charge is -2.29. The normalized spacial score (nSPS) is 40.5. The zero-order valence-electron chi connectivity index (χ0n) is 8.16. The van der Waals surface area contributed by atoms with Crippen molar-refractivity contribution >= 4 is 11.8 Å². The fraction of sp³-hybridized carbons (Fsp3) is 0.800. The summed E-state index contributed by atoms with van der Waals surface area (Å²) in [4.78, 5) is 21.7. The van der Waals surface area contributed by atoms with Gasteiger partial charge in [-0.1, -0.05) is 6.92 Å². The first-order valence-electron chi connectivity index (χ1n) is 4.93. The molecule has 0 unspecified atom stereocenters. The highest BCUT2D eigenvalue weighted by molar-refractivity contribution is 5.87. The second-order valence-electron chi connectivity index (χ2n) is 4.49. The van der Waals surface area contributed by atoms with Crippen molar-refractivity contribution in [1.29, 1.82) is 0 Å². The molecule has 0 aromatic carbocycles. The molecule has 2 rings (SSSR count). The average Bonchev–Trinajstić information content (AvgIpc) is 2.89. The van der Waals surface area contributed by atoms with Crippen molar-refractivity contribution in [3.05, 3.63) is 0 Å². The minimum atomic E-state index is -0.777. The van der Waals surface area contributed by atoms with Gasteiger partial charge in [-0.15, -0.1) is 0 Å². The van der Waals surface area contributed by atoms with E-state index in [0.717, 1.165) is 6.42 Å². The Morgan fingerprint density at radius 1 is 1.71 bits per heavy atom.